The molecule has 1 aliphatic heterocycles. The van der Waals surface area contributed by atoms with Gasteiger partial charge in [-0.3, -0.25) is 9.48 Å². The molecule has 25 heavy (non-hydrogen) atoms. The van der Waals surface area contributed by atoms with Crippen molar-refractivity contribution < 1.29 is 13.9 Å². The van der Waals surface area contributed by atoms with Crippen LogP contribution in [-0.4, -0.2) is 40.3 Å². The Balaban J connectivity index is 1.75. The zero-order valence-corrected chi connectivity index (χ0v) is 14.9. The maximum absolute atomic E-state index is 13.5. The third kappa shape index (κ3) is 3.90. The van der Waals surface area contributed by atoms with E-state index < -0.39 is 0 Å². The van der Waals surface area contributed by atoms with Crippen LogP contribution in [0, 0.1) is 18.7 Å². The molecule has 1 saturated heterocycles. The Kier molecular flexibility index (Phi) is 5.18. The number of hydrogen-bond donors (Lipinski definition) is 0. The van der Waals surface area contributed by atoms with Crippen LogP contribution in [0.25, 0.3) is 0 Å². The molecule has 1 aliphatic rings. The zero-order chi connectivity index (χ0) is 18.0. The number of aromatic nitrogens is 2. The van der Waals surface area contributed by atoms with Gasteiger partial charge >= 0.3 is 0 Å². The lowest BCUT2D eigenvalue weighted by molar-refractivity contribution is -0.0229. The van der Waals surface area contributed by atoms with E-state index in [1.165, 1.54) is 12.1 Å². The molecule has 2 aromatic rings. The molecule has 0 N–H and O–H groups in total. The number of rotatable bonds is 4. The van der Waals surface area contributed by atoms with Crippen LogP contribution in [0.15, 0.2) is 30.5 Å². The van der Waals surface area contributed by atoms with Crippen LogP contribution in [-0.2, 0) is 11.3 Å². The number of morpholine rings is 1. The van der Waals surface area contributed by atoms with E-state index in [1.807, 2.05) is 17.7 Å². The molecular formula is C19H24FN3O2. The van der Waals surface area contributed by atoms with Crippen LogP contribution in [0.2, 0.25) is 0 Å². The summed E-state index contributed by atoms with van der Waals surface area (Å²) in [5, 5.41) is 4.35. The highest BCUT2D eigenvalue weighted by atomic mass is 19.1. The predicted octanol–water partition coefficient (Wildman–Crippen LogP) is 3.20. The van der Waals surface area contributed by atoms with E-state index in [0.29, 0.717) is 31.2 Å². The van der Waals surface area contributed by atoms with Crippen LogP contribution >= 0.6 is 0 Å². The van der Waals surface area contributed by atoms with Gasteiger partial charge in [0.1, 0.15) is 11.9 Å². The Morgan fingerprint density at radius 3 is 2.96 bits per heavy atom. The minimum atomic E-state index is -0.306. The highest BCUT2D eigenvalue weighted by Crippen LogP contribution is 2.24. The smallest absolute Gasteiger partial charge is 0.257 e. The van der Waals surface area contributed by atoms with Gasteiger partial charge in [-0.25, -0.2) is 4.39 Å². The van der Waals surface area contributed by atoms with Crippen LogP contribution in [0.3, 0.4) is 0 Å². The molecule has 6 heteroatoms. The molecule has 1 amide bonds. The Morgan fingerprint density at radius 2 is 2.24 bits per heavy atom. The molecule has 0 saturated carbocycles. The van der Waals surface area contributed by atoms with Gasteiger partial charge in [0.25, 0.3) is 5.91 Å². The normalized spacial score (nSPS) is 18.0. The first-order valence-electron chi connectivity index (χ1n) is 8.64. The number of ether oxygens (including phenoxy) is 1. The summed E-state index contributed by atoms with van der Waals surface area (Å²) in [6.07, 6.45) is 1.34. The van der Waals surface area contributed by atoms with Crippen molar-refractivity contribution in [2.45, 2.75) is 33.4 Å². The lowest BCUT2D eigenvalue weighted by Gasteiger charge is -2.33. The van der Waals surface area contributed by atoms with E-state index in [9.17, 15) is 9.18 Å². The standard InChI is InChI=1S/C19H24FN3O2/c1-13(2)11-23-14(3)17(10-21-23)19(24)22-7-8-25-18(12-22)15-5-4-6-16(20)9-15/h4-6,9-10,13,18H,7-8,11-12H2,1-3H3. The van der Waals surface area contributed by atoms with Gasteiger partial charge in [0.05, 0.1) is 24.9 Å². The molecule has 1 unspecified atom stereocenters. The van der Waals surface area contributed by atoms with Gasteiger partial charge in [0.2, 0.25) is 0 Å². The molecule has 1 aromatic heterocycles. The predicted molar refractivity (Wildman–Crippen MR) is 92.8 cm³/mol. The van der Waals surface area contributed by atoms with E-state index in [0.717, 1.165) is 17.8 Å². The van der Waals surface area contributed by atoms with Crippen molar-refractivity contribution in [1.82, 2.24) is 14.7 Å². The molecule has 2 heterocycles. The molecule has 1 aromatic carbocycles. The van der Waals surface area contributed by atoms with Crippen molar-refractivity contribution in [3.8, 4) is 0 Å². The highest BCUT2D eigenvalue weighted by molar-refractivity contribution is 5.95. The first-order valence-corrected chi connectivity index (χ1v) is 8.64. The van der Waals surface area contributed by atoms with E-state index in [4.69, 9.17) is 4.74 Å². The summed E-state index contributed by atoms with van der Waals surface area (Å²) >= 11 is 0. The summed E-state index contributed by atoms with van der Waals surface area (Å²) in [4.78, 5) is 14.7. The second-order valence-electron chi connectivity index (χ2n) is 6.89. The molecule has 0 radical (unpaired) electrons. The second kappa shape index (κ2) is 7.35. The fourth-order valence-corrected chi connectivity index (χ4v) is 3.10. The average Bonchev–Trinajstić information content (AvgIpc) is 2.94. The van der Waals surface area contributed by atoms with Crippen LogP contribution in [0.1, 0.15) is 41.6 Å². The number of nitrogens with zero attached hydrogens (tertiary/aromatic N) is 3. The Labute approximate surface area is 147 Å². The number of amides is 1. The van der Waals surface area contributed by atoms with Gasteiger partial charge in [-0.15, -0.1) is 0 Å². The molecule has 0 aliphatic carbocycles. The topological polar surface area (TPSA) is 47.4 Å². The van der Waals surface area contributed by atoms with Gasteiger partial charge in [-0.05, 0) is 30.5 Å². The van der Waals surface area contributed by atoms with Gasteiger partial charge in [0, 0.05) is 18.8 Å². The summed E-state index contributed by atoms with van der Waals surface area (Å²) in [5.41, 5.74) is 2.26. The van der Waals surface area contributed by atoms with Gasteiger partial charge in [-0.1, -0.05) is 26.0 Å². The molecular weight excluding hydrogens is 321 g/mol. The molecule has 5 nitrogen and oxygen atoms in total. The summed E-state index contributed by atoms with van der Waals surface area (Å²) in [6, 6.07) is 6.36. The number of carbonyl (C=O) groups excluding carboxylic acids is 1. The lowest BCUT2D eigenvalue weighted by atomic mass is 10.1. The maximum Gasteiger partial charge on any atom is 0.257 e. The van der Waals surface area contributed by atoms with Crippen molar-refractivity contribution >= 4 is 5.91 Å². The summed E-state index contributed by atoms with van der Waals surface area (Å²) in [7, 11) is 0. The molecule has 3 rings (SSSR count). The Hall–Kier alpha value is -2.21. The van der Waals surface area contributed by atoms with Gasteiger partial charge in [-0.2, -0.15) is 5.10 Å². The van der Waals surface area contributed by atoms with Crippen LogP contribution < -0.4 is 0 Å². The Bertz CT molecular complexity index is 757. The number of halogens is 1. The number of benzene rings is 1. The van der Waals surface area contributed by atoms with E-state index in [1.54, 1.807) is 17.2 Å². The van der Waals surface area contributed by atoms with Crippen molar-refractivity contribution in [1.29, 1.82) is 0 Å². The van der Waals surface area contributed by atoms with Crippen molar-refractivity contribution in [3.63, 3.8) is 0 Å². The quantitative estimate of drug-likeness (QED) is 0.855. The SMILES string of the molecule is Cc1c(C(=O)N2CCOC(c3cccc(F)c3)C2)cnn1CC(C)C. The minimum Gasteiger partial charge on any atom is -0.370 e. The van der Waals surface area contributed by atoms with Crippen molar-refractivity contribution in [2.24, 2.45) is 5.92 Å². The third-order valence-electron chi connectivity index (χ3n) is 4.45. The summed E-state index contributed by atoms with van der Waals surface area (Å²) < 4.78 is 21.1. The van der Waals surface area contributed by atoms with Gasteiger partial charge < -0.3 is 9.64 Å². The third-order valence-corrected chi connectivity index (χ3v) is 4.45. The fraction of sp³-hybridized carbons (Fsp3) is 0.474. The van der Waals surface area contributed by atoms with Crippen LogP contribution in [0.5, 0.6) is 0 Å². The van der Waals surface area contributed by atoms with Crippen molar-refractivity contribution in [3.05, 3.63) is 53.1 Å². The molecule has 0 bridgehead atoms. The largest absolute Gasteiger partial charge is 0.370 e. The monoisotopic (exact) mass is 345 g/mol. The first-order chi connectivity index (χ1) is 12.0. The van der Waals surface area contributed by atoms with E-state index in [-0.39, 0.29) is 17.8 Å². The fourth-order valence-electron chi connectivity index (χ4n) is 3.10. The molecule has 134 valence electrons. The van der Waals surface area contributed by atoms with E-state index in [2.05, 4.69) is 18.9 Å². The lowest BCUT2D eigenvalue weighted by Crippen LogP contribution is -2.42. The number of carbonyl (C=O) groups is 1. The average molecular weight is 345 g/mol. The Morgan fingerprint density at radius 1 is 1.44 bits per heavy atom. The molecule has 1 atom stereocenters. The first kappa shape index (κ1) is 17.6. The molecule has 1 fully saturated rings. The summed E-state index contributed by atoms with van der Waals surface area (Å²) in [6.45, 7) is 8.33. The summed E-state index contributed by atoms with van der Waals surface area (Å²) in [5.74, 6) is 0.120. The maximum atomic E-state index is 13.5. The van der Waals surface area contributed by atoms with Crippen LogP contribution in [0.4, 0.5) is 4.39 Å². The van der Waals surface area contributed by atoms with Gasteiger partial charge in [0.15, 0.2) is 0 Å². The zero-order valence-electron chi connectivity index (χ0n) is 14.9. The highest BCUT2D eigenvalue weighted by Gasteiger charge is 2.28. The number of hydrogen-bond acceptors (Lipinski definition) is 3. The van der Waals surface area contributed by atoms with E-state index >= 15 is 0 Å². The van der Waals surface area contributed by atoms with Crippen molar-refractivity contribution in [2.75, 3.05) is 19.7 Å². The molecule has 0 spiro atoms. The minimum absolute atomic E-state index is 0.0443. The second-order valence-corrected chi connectivity index (χ2v) is 6.89.